The number of hydrogen-bond acceptors (Lipinski definition) is 2. The molecule has 2 nitrogen and oxygen atoms in total. The highest BCUT2D eigenvalue weighted by atomic mass is 16.5. The van der Waals surface area contributed by atoms with Crippen molar-refractivity contribution in [2.24, 2.45) is 5.92 Å². The highest BCUT2D eigenvalue weighted by molar-refractivity contribution is 5.42. The molecule has 0 aliphatic carbocycles. The summed E-state index contributed by atoms with van der Waals surface area (Å²) in [6, 6.07) is 4.36. The Hall–Kier alpha value is -1.02. The minimum absolute atomic E-state index is 0.537. The Kier molecular flexibility index (Phi) is 5.49. The normalized spacial score (nSPS) is 12.5. The number of nitrogens with one attached hydrogen (secondary N) is 1. The molecule has 1 rings (SSSR count). The van der Waals surface area contributed by atoms with Gasteiger partial charge in [0.15, 0.2) is 0 Å². The summed E-state index contributed by atoms with van der Waals surface area (Å²) in [5.74, 6) is 1.59. The van der Waals surface area contributed by atoms with Crippen LogP contribution in [0.3, 0.4) is 0 Å². The predicted molar refractivity (Wildman–Crippen MR) is 73.9 cm³/mol. The molecule has 0 aliphatic heterocycles. The van der Waals surface area contributed by atoms with Crippen LogP contribution in [0.25, 0.3) is 0 Å². The standard InChI is InChI=1S/C15H25NO/c1-6-16-9-12(3)10-17-15-13(4)7-11(2)8-14(15)5/h7-8,12,16H,6,9-10H2,1-5H3. The fourth-order valence-corrected chi connectivity index (χ4v) is 2.07. The molecule has 2 heteroatoms. The molecule has 1 unspecified atom stereocenters. The molecule has 0 radical (unpaired) electrons. The van der Waals surface area contributed by atoms with Crippen LogP contribution in [0.5, 0.6) is 5.75 Å². The van der Waals surface area contributed by atoms with Gasteiger partial charge in [-0.15, -0.1) is 0 Å². The van der Waals surface area contributed by atoms with Crippen molar-refractivity contribution in [3.05, 3.63) is 28.8 Å². The van der Waals surface area contributed by atoms with Crippen molar-refractivity contribution in [2.45, 2.75) is 34.6 Å². The van der Waals surface area contributed by atoms with Crippen molar-refractivity contribution in [1.29, 1.82) is 0 Å². The summed E-state index contributed by atoms with van der Waals surface area (Å²) < 4.78 is 5.94. The lowest BCUT2D eigenvalue weighted by molar-refractivity contribution is 0.253. The molecule has 0 amide bonds. The molecule has 0 aromatic heterocycles. The molecule has 96 valence electrons. The van der Waals surface area contributed by atoms with Crippen LogP contribution in [0.1, 0.15) is 30.5 Å². The average Bonchev–Trinajstić information content (AvgIpc) is 2.24. The fraction of sp³-hybridized carbons (Fsp3) is 0.600. The molecule has 0 saturated carbocycles. The highest BCUT2D eigenvalue weighted by Gasteiger charge is 2.07. The van der Waals surface area contributed by atoms with E-state index in [1.165, 1.54) is 16.7 Å². The van der Waals surface area contributed by atoms with E-state index in [4.69, 9.17) is 4.74 Å². The Morgan fingerprint density at radius 2 is 1.76 bits per heavy atom. The van der Waals surface area contributed by atoms with Crippen LogP contribution in [0.4, 0.5) is 0 Å². The van der Waals surface area contributed by atoms with Crippen molar-refractivity contribution in [2.75, 3.05) is 19.7 Å². The molecule has 0 saturated heterocycles. The van der Waals surface area contributed by atoms with Crippen molar-refractivity contribution in [1.82, 2.24) is 5.32 Å². The van der Waals surface area contributed by atoms with E-state index in [1.807, 2.05) is 0 Å². The van der Waals surface area contributed by atoms with Gasteiger partial charge in [0, 0.05) is 12.5 Å². The first-order valence-corrected chi connectivity index (χ1v) is 6.46. The first-order valence-electron chi connectivity index (χ1n) is 6.46. The molecule has 0 spiro atoms. The number of aryl methyl sites for hydroxylation is 3. The lowest BCUT2D eigenvalue weighted by Gasteiger charge is -2.17. The topological polar surface area (TPSA) is 21.3 Å². The minimum atomic E-state index is 0.537. The second kappa shape index (κ2) is 6.65. The lowest BCUT2D eigenvalue weighted by Crippen LogP contribution is -2.24. The summed E-state index contributed by atoms with van der Waals surface area (Å²) in [5, 5.41) is 3.34. The molecule has 0 heterocycles. The van der Waals surface area contributed by atoms with Crippen LogP contribution in [-0.2, 0) is 0 Å². The molecule has 1 aromatic carbocycles. The molecule has 1 N–H and O–H groups in total. The summed E-state index contributed by atoms with van der Waals surface area (Å²) >= 11 is 0. The maximum absolute atomic E-state index is 5.94. The maximum Gasteiger partial charge on any atom is 0.125 e. The first-order chi connectivity index (χ1) is 8.04. The Morgan fingerprint density at radius 3 is 2.29 bits per heavy atom. The predicted octanol–water partition coefficient (Wildman–Crippen LogP) is 3.24. The Morgan fingerprint density at radius 1 is 1.18 bits per heavy atom. The summed E-state index contributed by atoms with van der Waals surface area (Å²) in [7, 11) is 0. The van der Waals surface area contributed by atoms with E-state index in [9.17, 15) is 0 Å². The van der Waals surface area contributed by atoms with E-state index in [2.05, 4.69) is 52.1 Å². The van der Waals surface area contributed by atoms with E-state index in [1.54, 1.807) is 0 Å². The van der Waals surface area contributed by atoms with E-state index in [0.29, 0.717) is 5.92 Å². The molecule has 0 fully saturated rings. The second-order valence-corrected chi connectivity index (χ2v) is 4.95. The van der Waals surface area contributed by atoms with Gasteiger partial charge in [0.05, 0.1) is 6.61 Å². The number of hydrogen-bond donors (Lipinski definition) is 1. The third-order valence-electron chi connectivity index (χ3n) is 2.86. The third-order valence-corrected chi connectivity index (χ3v) is 2.86. The SMILES string of the molecule is CCNCC(C)COc1c(C)cc(C)cc1C. The summed E-state index contributed by atoms with van der Waals surface area (Å²) in [6.45, 7) is 13.5. The highest BCUT2D eigenvalue weighted by Crippen LogP contribution is 2.24. The summed E-state index contributed by atoms with van der Waals surface area (Å²) in [4.78, 5) is 0. The maximum atomic E-state index is 5.94. The molecule has 1 aromatic rings. The summed E-state index contributed by atoms with van der Waals surface area (Å²) in [6.07, 6.45) is 0. The van der Waals surface area contributed by atoms with Crippen LogP contribution in [-0.4, -0.2) is 19.7 Å². The van der Waals surface area contributed by atoms with Crippen LogP contribution >= 0.6 is 0 Å². The zero-order valence-corrected chi connectivity index (χ0v) is 11.8. The Balaban J connectivity index is 2.57. The molecule has 17 heavy (non-hydrogen) atoms. The third kappa shape index (κ3) is 4.39. The number of rotatable bonds is 6. The van der Waals surface area contributed by atoms with E-state index >= 15 is 0 Å². The largest absolute Gasteiger partial charge is 0.493 e. The van der Waals surface area contributed by atoms with E-state index in [0.717, 1.165) is 25.4 Å². The quantitative estimate of drug-likeness (QED) is 0.817. The van der Waals surface area contributed by atoms with Gasteiger partial charge in [-0.1, -0.05) is 31.5 Å². The summed E-state index contributed by atoms with van der Waals surface area (Å²) in [5.41, 5.74) is 3.77. The van der Waals surface area contributed by atoms with Crippen LogP contribution < -0.4 is 10.1 Å². The van der Waals surface area contributed by atoms with Crippen LogP contribution in [0.15, 0.2) is 12.1 Å². The molecular weight excluding hydrogens is 210 g/mol. The average molecular weight is 235 g/mol. The van der Waals surface area contributed by atoms with Gasteiger partial charge in [0.2, 0.25) is 0 Å². The van der Waals surface area contributed by atoms with Crippen molar-refractivity contribution in [3.63, 3.8) is 0 Å². The van der Waals surface area contributed by atoms with Crippen molar-refractivity contribution in [3.8, 4) is 5.75 Å². The van der Waals surface area contributed by atoms with Crippen molar-refractivity contribution < 1.29 is 4.74 Å². The first kappa shape index (κ1) is 14.0. The Labute approximate surface area is 105 Å². The van der Waals surface area contributed by atoms with Gasteiger partial charge in [0.1, 0.15) is 5.75 Å². The minimum Gasteiger partial charge on any atom is -0.493 e. The van der Waals surface area contributed by atoms with Gasteiger partial charge >= 0.3 is 0 Å². The van der Waals surface area contributed by atoms with Gasteiger partial charge in [-0.3, -0.25) is 0 Å². The zero-order valence-electron chi connectivity index (χ0n) is 11.8. The molecular formula is C15H25NO. The second-order valence-electron chi connectivity index (χ2n) is 4.95. The van der Waals surface area contributed by atoms with Gasteiger partial charge in [-0.05, 0) is 38.4 Å². The Bertz CT molecular complexity index is 337. The monoisotopic (exact) mass is 235 g/mol. The van der Waals surface area contributed by atoms with Crippen LogP contribution in [0, 0.1) is 26.7 Å². The smallest absolute Gasteiger partial charge is 0.125 e. The molecule has 0 aliphatic rings. The van der Waals surface area contributed by atoms with Gasteiger partial charge in [-0.25, -0.2) is 0 Å². The van der Waals surface area contributed by atoms with Gasteiger partial charge in [-0.2, -0.15) is 0 Å². The molecule has 0 bridgehead atoms. The number of ether oxygens (including phenoxy) is 1. The fourth-order valence-electron chi connectivity index (χ4n) is 2.07. The van der Waals surface area contributed by atoms with Gasteiger partial charge in [0.25, 0.3) is 0 Å². The number of benzene rings is 1. The van der Waals surface area contributed by atoms with Crippen LogP contribution in [0.2, 0.25) is 0 Å². The van der Waals surface area contributed by atoms with Gasteiger partial charge < -0.3 is 10.1 Å². The van der Waals surface area contributed by atoms with E-state index < -0.39 is 0 Å². The zero-order chi connectivity index (χ0) is 12.8. The molecule has 1 atom stereocenters. The lowest BCUT2D eigenvalue weighted by atomic mass is 10.1. The van der Waals surface area contributed by atoms with E-state index in [-0.39, 0.29) is 0 Å². The van der Waals surface area contributed by atoms with Crippen molar-refractivity contribution >= 4 is 0 Å².